The molecule has 1 atom stereocenters. The van der Waals surface area contributed by atoms with Gasteiger partial charge in [0.05, 0.1) is 6.61 Å². The summed E-state index contributed by atoms with van der Waals surface area (Å²) in [6.07, 6.45) is 0.741. The number of hydrogen-bond donors (Lipinski definition) is 1. The van der Waals surface area contributed by atoms with Gasteiger partial charge < -0.3 is 15.0 Å². The van der Waals surface area contributed by atoms with Gasteiger partial charge in [-0.2, -0.15) is 4.98 Å². The van der Waals surface area contributed by atoms with Gasteiger partial charge in [-0.3, -0.25) is 0 Å². The molecule has 5 nitrogen and oxygen atoms in total. The lowest BCUT2D eigenvalue weighted by Gasteiger charge is -2.19. The Balaban J connectivity index is 2.73. The van der Waals surface area contributed by atoms with Gasteiger partial charge >= 0.3 is 0 Å². The molecule has 0 aliphatic carbocycles. The van der Waals surface area contributed by atoms with Gasteiger partial charge in [0.2, 0.25) is 5.89 Å². The Hall–Kier alpha value is -0.940. The molecular formula is C12H23N3O2. The van der Waals surface area contributed by atoms with E-state index in [1.807, 2.05) is 13.8 Å². The van der Waals surface area contributed by atoms with Crippen LogP contribution in [0.15, 0.2) is 4.52 Å². The van der Waals surface area contributed by atoms with Crippen molar-refractivity contribution in [2.24, 2.45) is 11.1 Å². The first-order valence-corrected chi connectivity index (χ1v) is 5.94. The standard InChI is InChI=1S/C12H23N3O2/c1-6-16-8-12(5,13)10-14-9(17-15-10)7-11(2,3)4/h6-8,13H2,1-5H3. The zero-order valence-corrected chi connectivity index (χ0v) is 11.4. The SMILES string of the molecule is CCOCC(C)(N)c1noc(CC(C)(C)C)n1. The minimum Gasteiger partial charge on any atom is -0.379 e. The summed E-state index contributed by atoms with van der Waals surface area (Å²) in [6, 6.07) is 0. The van der Waals surface area contributed by atoms with Crippen LogP contribution in [0.2, 0.25) is 0 Å². The second-order valence-electron chi connectivity index (χ2n) is 5.80. The first-order chi connectivity index (χ1) is 7.74. The van der Waals surface area contributed by atoms with E-state index in [4.69, 9.17) is 15.0 Å². The fourth-order valence-corrected chi connectivity index (χ4v) is 1.39. The van der Waals surface area contributed by atoms with Crippen LogP contribution in [-0.2, 0) is 16.7 Å². The predicted molar refractivity (Wildman–Crippen MR) is 65.5 cm³/mol. The van der Waals surface area contributed by atoms with E-state index >= 15 is 0 Å². The molecule has 0 amide bonds. The molecule has 0 saturated carbocycles. The molecule has 98 valence electrons. The molecule has 0 fully saturated rings. The maximum Gasteiger partial charge on any atom is 0.227 e. The average Bonchev–Trinajstić information content (AvgIpc) is 2.61. The highest BCUT2D eigenvalue weighted by atomic mass is 16.5. The van der Waals surface area contributed by atoms with Crippen molar-refractivity contribution in [1.29, 1.82) is 0 Å². The van der Waals surface area contributed by atoms with Gasteiger partial charge in [0, 0.05) is 13.0 Å². The van der Waals surface area contributed by atoms with Gasteiger partial charge in [-0.15, -0.1) is 0 Å². The molecule has 1 aromatic heterocycles. The van der Waals surface area contributed by atoms with Crippen molar-refractivity contribution >= 4 is 0 Å². The largest absolute Gasteiger partial charge is 0.379 e. The van der Waals surface area contributed by atoms with Crippen molar-refractivity contribution in [2.75, 3.05) is 13.2 Å². The van der Waals surface area contributed by atoms with E-state index in [0.29, 0.717) is 24.9 Å². The lowest BCUT2D eigenvalue weighted by atomic mass is 9.92. The van der Waals surface area contributed by atoms with Gasteiger partial charge in [-0.25, -0.2) is 0 Å². The predicted octanol–water partition coefficient (Wildman–Crippen LogP) is 1.87. The number of rotatable bonds is 5. The third-order valence-electron chi connectivity index (χ3n) is 2.27. The van der Waals surface area contributed by atoms with Crippen molar-refractivity contribution in [3.63, 3.8) is 0 Å². The molecule has 0 aliphatic heterocycles. The molecule has 1 rings (SSSR count). The molecule has 0 radical (unpaired) electrons. The summed E-state index contributed by atoms with van der Waals surface area (Å²) in [5.74, 6) is 1.13. The van der Waals surface area contributed by atoms with Crippen molar-refractivity contribution in [3.8, 4) is 0 Å². The zero-order valence-electron chi connectivity index (χ0n) is 11.4. The van der Waals surface area contributed by atoms with Crippen molar-refractivity contribution in [1.82, 2.24) is 10.1 Å². The number of nitrogens with two attached hydrogens (primary N) is 1. The second kappa shape index (κ2) is 5.14. The molecule has 0 spiro atoms. The van der Waals surface area contributed by atoms with Crippen LogP contribution >= 0.6 is 0 Å². The molecule has 1 unspecified atom stereocenters. The summed E-state index contributed by atoms with van der Waals surface area (Å²) in [5.41, 5.74) is 5.51. The van der Waals surface area contributed by atoms with E-state index in [9.17, 15) is 0 Å². The Kier molecular flexibility index (Phi) is 4.27. The summed E-state index contributed by atoms with van der Waals surface area (Å²) in [5, 5.41) is 3.93. The maximum absolute atomic E-state index is 6.09. The molecule has 1 aromatic rings. The van der Waals surface area contributed by atoms with Crippen LogP contribution in [0.5, 0.6) is 0 Å². The van der Waals surface area contributed by atoms with Gasteiger partial charge in [0.15, 0.2) is 5.82 Å². The fourth-order valence-electron chi connectivity index (χ4n) is 1.39. The molecule has 1 heterocycles. The highest BCUT2D eigenvalue weighted by molar-refractivity contribution is 5.02. The molecule has 5 heteroatoms. The highest BCUT2D eigenvalue weighted by Gasteiger charge is 2.28. The zero-order chi connectivity index (χ0) is 13.1. The molecular weight excluding hydrogens is 218 g/mol. The van der Waals surface area contributed by atoms with E-state index in [1.165, 1.54) is 0 Å². The first-order valence-electron chi connectivity index (χ1n) is 5.94. The van der Waals surface area contributed by atoms with E-state index < -0.39 is 5.54 Å². The Morgan fingerprint density at radius 1 is 1.29 bits per heavy atom. The lowest BCUT2D eigenvalue weighted by Crippen LogP contribution is -2.39. The van der Waals surface area contributed by atoms with Crippen LogP contribution in [0.4, 0.5) is 0 Å². The van der Waals surface area contributed by atoms with Crippen LogP contribution in [-0.4, -0.2) is 23.4 Å². The molecule has 0 aromatic carbocycles. The van der Waals surface area contributed by atoms with Crippen LogP contribution < -0.4 is 5.73 Å². The van der Waals surface area contributed by atoms with E-state index in [2.05, 4.69) is 30.9 Å². The van der Waals surface area contributed by atoms with Gasteiger partial charge in [0.1, 0.15) is 5.54 Å². The summed E-state index contributed by atoms with van der Waals surface area (Å²) >= 11 is 0. The average molecular weight is 241 g/mol. The molecule has 2 N–H and O–H groups in total. The molecule has 17 heavy (non-hydrogen) atoms. The van der Waals surface area contributed by atoms with Gasteiger partial charge in [-0.1, -0.05) is 25.9 Å². The number of nitrogens with zero attached hydrogens (tertiary/aromatic N) is 2. The van der Waals surface area contributed by atoms with E-state index in [1.54, 1.807) is 0 Å². The number of ether oxygens (including phenoxy) is 1. The normalized spacial score (nSPS) is 15.9. The summed E-state index contributed by atoms with van der Waals surface area (Å²) in [6.45, 7) is 11.2. The summed E-state index contributed by atoms with van der Waals surface area (Å²) < 4.78 is 10.5. The Morgan fingerprint density at radius 3 is 2.47 bits per heavy atom. The monoisotopic (exact) mass is 241 g/mol. The third kappa shape index (κ3) is 4.44. The number of hydrogen-bond acceptors (Lipinski definition) is 5. The van der Waals surface area contributed by atoms with Crippen molar-refractivity contribution in [3.05, 3.63) is 11.7 Å². The minimum absolute atomic E-state index is 0.120. The minimum atomic E-state index is -0.699. The topological polar surface area (TPSA) is 74.2 Å². The smallest absolute Gasteiger partial charge is 0.227 e. The van der Waals surface area contributed by atoms with Crippen LogP contribution in [0.1, 0.15) is 46.3 Å². The third-order valence-corrected chi connectivity index (χ3v) is 2.27. The van der Waals surface area contributed by atoms with Crippen molar-refractivity contribution in [2.45, 2.75) is 46.6 Å². The molecule has 0 saturated heterocycles. The summed E-state index contributed by atoms with van der Waals surface area (Å²) in [7, 11) is 0. The Morgan fingerprint density at radius 2 is 1.94 bits per heavy atom. The lowest BCUT2D eigenvalue weighted by molar-refractivity contribution is 0.0962. The van der Waals surface area contributed by atoms with Crippen LogP contribution in [0, 0.1) is 5.41 Å². The Labute approximate surface area is 103 Å². The van der Waals surface area contributed by atoms with Crippen LogP contribution in [0.25, 0.3) is 0 Å². The van der Waals surface area contributed by atoms with Crippen LogP contribution in [0.3, 0.4) is 0 Å². The quantitative estimate of drug-likeness (QED) is 0.851. The van der Waals surface area contributed by atoms with Crippen molar-refractivity contribution < 1.29 is 9.26 Å². The van der Waals surface area contributed by atoms with Gasteiger partial charge in [0.25, 0.3) is 0 Å². The fraction of sp³-hybridized carbons (Fsp3) is 0.833. The molecule has 0 aliphatic rings. The van der Waals surface area contributed by atoms with Gasteiger partial charge in [-0.05, 0) is 19.3 Å². The molecule has 0 bridgehead atoms. The highest BCUT2D eigenvalue weighted by Crippen LogP contribution is 2.21. The first kappa shape index (κ1) is 14.1. The second-order valence-corrected chi connectivity index (χ2v) is 5.80. The number of aromatic nitrogens is 2. The maximum atomic E-state index is 6.09. The van der Waals surface area contributed by atoms with E-state index in [-0.39, 0.29) is 5.41 Å². The van der Waals surface area contributed by atoms with E-state index in [0.717, 1.165) is 6.42 Å². The summed E-state index contributed by atoms with van der Waals surface area (Å²) in [4.78, 5) is 4.34. The Bertz CT molecular complexity index is 353.